The monoisotopic (exact) mass is 628 g/mol. The Morgan fingerprint density at radius 3 is 1.61 bits per heavy atom. The molecule has 0 radical (unpaired) electrons. The van der Waals surface area contributed by atoms with Crippen LogP contribution < -0.4 is 16.4 Å². The molecule has 12 nitrogen and oxygen atoms in total. The lowest BCUT2D eigenvalue weighted by molar-refractivity contribution is -0.383. The molecule has 4 aromatic rings. The smallest absolute Gasteiger partial charge is 0.292 e. The van der Waals surface area contributed by atoms with E-state index in [4.69, 9.17) is 24.3 Å². The molecule has 242 valence electrons. The largest absolute Gasteiger partial charge is 0.397 e. The highest BCUT2D eigenvalue weighted by atomic mass is 16.6. The van der Waals surface area contributed by atoms with Gasteiger partial charge in [0, 0.05) is 40.1 Å². The third-order valence-corrected chi connectivity index (χ3v) is 9.96. The first-order valence-electron chi connectivity index (χ1n) is 15.8. The Hall–Kier alpha value is -4.42. The van der Waals surface area contributed by atoms with Gasteiger partial charge in [0.2, 0.25) is 0 Å². The number of nitrogens with one attached hydrogen (secondary N) is 2. The second kappa shape index (κ2) is 11.4. The summed E-state index contributed by atoms with van der Waals surface area (Å²) in [5, 5.41) is 26.3. The molecule has 0 bridgehead atoms. The molecule has 2 aromatic carbocycles. The van der Waals surface area contributed by atoms with Gasteiger partial charge in [-0.3, -0.25) is 10.1 Å². The van der Waals surface area contributed by atoms with Crippen molar-refractivity contribution in [1.29, 1.82) is 0 Å². The van der Waals surface area contributed by atoms with Crippen LogP contribution in [0.2, 0.25) is 0 Å². The average Bonchev–Trinajstić information content (AvgIpc) is 3.45. The summed E-state index contributed by atoms with van der Waals surface area (Å²) in [6.07, 6.45) is 4.38. The molecule has 2 aliphatic carbocycles. The lowest BCUT2D eigenvalue weighted by atomic mass is 9.64. The van der Waals surface area contributed by atoms with Crippen molar-refractivity contribution in [2.75, 3.05) is 42.8 Å². The number of hydrogen-bond acceptors (Lipinski definition) is 11. The number of benzene rings is 2. The van der Waals surface area contributed by atoms with Crippen LogP contribution in [0.3, 0.4) is 0 Å². The van der Waals surface area contributed by atoms with Crippen LogP contribution in [0.15, 0.2) is 45.4 Å². The molecule has 2 aromatic heterocycles. The SMILES string of the molecule is Cc1noc(C)c1-c1ccc(NC2CC3(COC3)C2)c(N)c1.Cc1noc(C)c1-c1ccc(NC2CC3(COC3)C2)c([N+](=O)[O-])c1. The van der Waals surface area contributed by atoms with E-state index < -0.39 is 0 Å². The molecular formula is C34H40N6O6. The van der Waals surface area contributed by atoms with Gasteiger partial charge in [-0.1, -0.05) is 22.4 Å². The van der Waals surface area contributed by atoms with Crippen LogP contribution in [-0.4, -0.2) is 53.7 Å². The number of aromatic nitrogens is 2. The Kier molecular flexibility index (Phi) is 7.51. The Labute approximate surface area is 267 Å². The van der Waals surface area contributed by atoms with E-state index in [1.165, 1.54) is 12.8 Å². The Bertz CT molecular complexity index is 1730. The first kappa shape index (κ1) is 30.2. The van der Waals surface area contributed by atoms with Crippen molar-refractivity contribution in [1.82, 2.24) is 10.3 Å². The summed E-state index contributed by atoms with van der Waals surface area (Å²) in [4.78, 5) is 11.2. The van der Waals surface area contributed by atoms with Crippen LogP contribution >= 0.6 is 0 Å². The molecule has 12 heteroatoms. The molecule has 4 fully saturated rings. The second-order valence-electron chi connectivity index (χ2n) is 13.7. The van der Waals surface area contributed by atoms with E-state index in [1.54, 1.807) is 12.1 Å². The lowest BCUT2D eigenvalue weighted by Gasteiger charge is -2.53. The lowest BCUT2D eigenvalue weighted by Crippen LogP contribution is -2.56. The van der Waals surface area contributed by atoms with E-state index in [9.17, 15) is 10.1 Å². The molecule has 0 atom stereocenters. The van der Waals surface area contributed by atoms with E-state index in [1.807, 2.05) is 39.8 Å². The zero-order chi connectivity index (χ0) is 32.2. The first-order valence-corrected chi connectivity index (χ1v) is 15.8. The van der Waals surface area contributed by atoms with E-state index >= 15 is 0 Å². The maximum Gasteiger partial charge on any atom is 0.292 e. The van der Waals surface area contributed by atoms with Crippen molar-refractivity contribution in [3.05, 3.63) is 69.4 Å². The highest BCUT2D eigenvalue weighted by Gasteiger charge is 2.50. The minimum atomic E-state index is -0.342. The summed E-state index contributed by atoms with van der Waals surface area (Å²) < 4.78 is 21.0. The maximum atomic E-state index is 11.5. The maximum absolute atomic E-state index is 11.5. The van der Waals surface area contributed by atoms with E-state index in [0.717, 1.165) is 90.0 Å². The molecule has 0 unspecified atom stereocenters. The summed E-state index contributed by atoms with van der Waals surface area (Å²) in [5.41, 5.74) is 14.7. The number of hydrogen-bond donors (Lipinski definition) is 3. The van der Waals surface area contributed by atoms with Gasteiger partial charge in [-0.05, 0) is 82.7 Å². The van der Waals surface area contributed by atoms with Crippen LogP contribution in [0.5, 0.6) is 0 Å². The van der Waals surface area contributed by atoms with Gasteiger partial charge >= 0.3 is 0 Å². The number of nitro benzene ring substituents is 1. The van der Waals surface area contributed by atoms with Gasteiger partial charge in [-0.25, -0.2) is 0 Å². The van der Waals surface area contributed by atoms with Gasteiger partial charge in [0.05, 0.1) is 54.1 Å². The highest BCUT2D eigenvalue weighted by molar-refractivity contribution is 5.78. The topological polar surface area (TPSA) is 164 Å². The predicted molar refractivity (Wildman–Crippen MR) is 174 cm³/mol. The van der Waals surface area contributed by atoms with E-state index in [-0.39, 0.29) is 16.7 Å². The molecule has 4 heterocycles. The van der Waals surface area contributed by atoms with Crippen LogP contribution in [0.1, 0.15) is 48.6 Å². The number of nitrogens with two attached hydrogens (primary N) is 1. The fraction of sp³-hybridized carbons (Fsp3) is 0.471. The quantitative estimate of drug-likeness (QED) is 0.115. The molecule has 2 aliphatic heterocycles. The zero-order valence-corrected chi connectivity index (χ0v) is 26.6. The number of rotatable bonds is 7. The number of aryl methyl sites for hydroxylation is 4. The van der Waals surface area contributed by atoms with Crippen molar-refractivity contribution in [2.45, 2.75) is 65.5 Å². The molecule has 2 saturated heterocycles. The third kappa shape index (κ3) is 5.49. The molecule has 8 rings (SSSR count). The molecule has 4 aliphatic rings. The highest BCUT2D eigenvalue weighted by Crippen LogP contribution is 2.49. The fourth-order valence-electron chi connectivity index (χ4n) is 7.47. The molecule has 2 spiro atoms. The molecule has 4 N–H and O–H groups in total. The van der Waals surface area contributed by atoms with Crippen molar-refractivity contribution in [3.8, 4) is 22.3 Å². The van der Waals surface area contributed by atoms with E-state index in [0.29, 0.717) is 28.3 Å². The minimum Gasteiger partial charge on any atom is -0.397 e. The van der Waals surface area contributed by atoms with Crippen LogP contribution in [0, 0.1) is 48.6 Å². The summed E-state index contributed by atoms with van der Waals surface area (Å²) >= 11 is 0. The van der Waals surface area contributed by atoms with Crippen molar-refractivity contribution in [3.63, 3.8) is 0 Å². The van der Waals surface area contributed by atoms with Gasteiger partial charge in [0.15, 0.2) is 0 Å². The van der Waals surface area contributed by atoms with Crippen molar-refractivity contribution in [2.24, 2.45) is 10.8 Å². The minimum absolute atomic E-state index is 0.0818. The summed E-state index contributed by atoms with van der Waals surface area (Å²) in [5.74, 6) is 1.48. The number of ether oxygens (including phenoxy) is 2. The average molecular weight is 629 g/mol. The summed E-state index contributed by atoms with van der Waals surface area (Å²) in [6, 6.07) is 12.2. The van der Waals surface area contributed by atoms with Crippen molar-refractivity contribution < 1.29 is 23.4 Å². The van der Waals surface area contributed by atoms with Gasteiger partial charge in [0.25, 0.3) is 5.69 Å². The molecular weight excluding hydrogens is 588 g/mol. The van der Waals surface area contributed by atoms with Gasteiger partial charge in [-0.2, -0.15) is 0 Å². The Morgan fingerprint density at radius 1 is 0.761 bits per heavy atom. The number of anilines is 3. The Balaban J connectivity index is 0.000000147. The van der Waals surface area contributed by atoms with Gasteiger partial charge in [0.1, 0.15) is 17.2 Å². The van der Waals surface area contributed by atoms with Crippen LogP contribution in [0.4, 0.5) is 22.7 Å². The number of nitrogens with zero attached hydrogens (tertiary/aromatic N) is 3. The van der Waals surface area contributed by atoms with Gasteiger partial charge < -0.3 is 34.9 Å². The molecule has 2 saturated carbocycles. The normalized spacial score (nSPS) is 20.5. The van der Waals surface area contributed by atoms with Crippen molar-refractivity contribution >= 4 is 22.7 Å². The third-order valence-electron chi connectivity index (χ3n) is 9.96. The van der Waals surface area contributed by atoms with Crippen LogP contribution in [-0.2, 0) is 9.47 Å². The predicted octanol–water partition coefficient (Wildman–Crippen LogP) is 6.59. The van der Waals surface area contributed by atoms with Crippen LogP contribution in [0.25, 0.3) is 22.3 Å². The Morgan fingerprint density at radius 2 is 1.22 bits per heavy atom. The second-order valence-corrected chi connectivity index (χ2v) is 13.7. The first-order chi connectivity index (χ1) is 22.0. The molecule has 0 amide bonds. The van der Waals surface area contributed by atoms with Gasteiger partial charge in [-0.15, -0.1) is 0 Å². The number of nitrogen functional groups attached to an aromatic ring is 1. The summed E-state index contributed by atoms with van der Waals surface area (Å²) in [7, 11) is 0. The standard InChI is InChI=1S/C17H19N3O4.C17H21N3O2/c1-10-16(11(2)24-19-10)12-3-4-14(15(5-12)20(21)22)18-13-6-17(7-13)8-23-9-17;1-10-16(11(2)22-20-10)12-3-4-15(14(18)5-12)19-13-6-17(7-13)8-21-9-17/h3-5,13,18H,6-9H2,1-2H3;3-5,13,19H,6-9,18H2,1-2H3. The molecule has 46 heavy (non-hydrogen) atoms. The van der Waals surface area contributed by atoms with E-state index in [2.05, 4.69) is 33.1 Å². The summed E-state index contributed by atoms with van der Waals surface area (Å²) in [6.45, 7) is 11.0. The number of nitro groups is 1. The fourth-order valence-corrected chi connectivity index (χ4v) is 7.47. The zero-order valence-electron chi connectivity index (χ0n) is 26.6.